The molecule has 1 aromatic heterocycles. The van der Waals surface area contributed by atoms with E-state index in [0.29, 0.717) is 30.6 Å². The minimum Gasteiger partial charge on any atom is -0.356 e. The zero-order chi connectivity index (χ0) is 15.6. The molecule has 1 aliphatic heterocycles. The fourth-order valence-corrected chi connectivity index (χ4v) is 3.98. The van der Waals surface area contributed by atoms with Crippen molar-refractivity contribution in [2.24, 2.45) is 5.92 Å². The number of nitrogens with one attached hydrogen (secondary N) is 1. The Balaban J connectivity index is 1.38. The number of nitrogens with zero attached hydrogens (tertiary/aromatic N) is 2. The molecule has 1 aromatic rings. The highest BCUT2D eigenvalue weighted by Gasteiger charge is 2.25. The third kappa shape index (κ3) is 3.73. The van der Waals surface area contributed by atoms with E-state index in [0.717, 1.165) is 12.8 Å². The van der Waals surface area contributed by atoms with Gasteiger partial charge in [0.15, 0.2) is 15.7 Å². The molecule has 1 unspecified atom stereocenters. The summed E-state index contributed by atoms with van der Waals surface area (Å²) in [6.45, 7) is 0.422. The number of rotatable bonds is 6. The normalized spacial score (nSPS) is 23.4. The summed E-state index contributed by atoms with van der Waals surface area (Å²) in [5, 5.41) is 7.86. The number of allylic oxidation sites excluding steroid dienone is 1. The van der Waals surface area contributed by atoms with Crippen molar-refractivity contribution < 1.29 is 17.7 Å². The zero-order valence-corrected chi connectivity index (χ0v) is 13.0. The molecule has 1 fully saturated rings. The zero-order valence-electron chi connectivity index (χ0n) is 12.2. The standard InChI is InChI=1S/C14H19N3O4S/c18-13(8-10-5-7-22(19,20)9-10)15-6-4-12-16-14(21-17-12)11-2-1-3-11/h5,7,10-11H,1-4,6,8-9H2,(H,15,18). The molecule has 1 N–H and O–H groups in total. The number of amides is 1. The number of hydrogen-bond acceptors (Lipinski definition) is 6. The van der Waals surface area contributed by atoms with Crippen LogP contribution in [0.5, 0.6) is 0 Å². The van der Waals surface area contributed by atoms with Gasteiger partial charge in [-0.25, -0.2) is 8.42 Å². The third-order valence-electron chi connectivity index (χ3n) is 4.06. The van der Waals surface area contributed by atoms with Crippen LogP contribution in [0.3, 0.4) is 0 Å². The Morgan fingerprint density at radius 2 is 2.23 bits per heavy atom. The van der Waals surface area contributed by atoms with E-state index in [1.165, 1.54) is 11.8 Å². The lowest BCUT2D eigenvalue weighted by atomic mass is 9.85. The van der Waals surface area contributed by atoms with Crippen LogP contribution in [-0.2, 0) is 21.1 Å². The first kappa shape index (κ1) is 15.2. The molecule has 7 nitrogen and oxygen atoms in total. The maximum absolute atomic E-state index is 11.8. The summed E-state index contributed by atoms with van der Waals surface area (Å²) in [5.41, 5.74) is 0. The molecule has 1 amide bonds. The van der Waals surface area contributed by atoms with E-state index in [9.17, 15) is 13.2 Å². The van der Waals surface area contributed by atoms with E-state index in [2.05, 4.69) is 15.5 Å². The molecule has 1 aliphatic carbocycles. The minimum absolute atomic E-state index is 0.0238. The number of aromatic nitrogens is 2. The second-order valence-electron chi connectivity index (χ2n) is 5.90. The topological polar surface area (TPSA) is 102 Å². The smallest absolute Gasteiger partial charge is 0.229 e. The lowest BCUT2D eigenvalue weighted by Crippen LogP contribution is -2.28. The Bertz CT molecular complexity index is 676. The first-order valence-corrected chi connectivity index (χ1v) is 9.23. The minimum atomic E-state index is -3.10. The summed E-state index contributed by atoms with van der Waals surface area (Å²) >= 11 is 0. The SMILES string of the molecule is O=C(CC1C=CS(=O)(=O)C1)NCCc1noc(C2CCC2)n1. The average molecular weight is 325 g/mol. The fraction of sp³-hybridized carbons (Fsp3) is 0.643. The van der Waals surface area contributed by atoms with Crippen molar-refractivity contribution in [3.8, 4) is 0 Å². The van der Waals surface area contributed by atoms with E-state index < -0.39 is 9.84 Å². The van der Waals surface area contributed by atoms with Gasteiger partial charge < -0.3 is 9.84 Å². The second kappa shape index (κ2) is 6.20. The fourth-order valence-electron chi connectivity index (χ4n) is 2.58. The summed E-state index contributed by atoms with van der Waals surface area (Å²) in [5.74, 6) is 1.36. The van der Waals surface area contributed by atoms with Crippen LogP contribution in [0, 0.1) is 5.92 Å². The van der Waals surface area contributed by atoms with Crippen molar-refractivity contribution in [2.45, 2.75) is 38.0 Å². The molecule has 0 radical (unpaired) electrons. The van der Waals surface area contributed by atoms with Crippen LogP contribution in [0.4, 0.5) is 0 Å². The molecule has 1 atom stereocenters. The van der Waals surface area contributed by atoms with Gasteiger partial charge in [-0.3, -0.25) is 4.79 Å². The van der Waals surface area contributed by atoms with Gasteiger partial charge in [0.2, 0.25) is 11.8 Å². The molecule has 2 aliphatic rings. The Kier molecular flexibility index (Phi) is 4.28. The molecule has 22 heavy (non-hydrogen) atoms. The van der Waals surface area contributed by atoms with Gasteiger partial charge in [-0.15, -0.1) is 0 Å². The van der Waals surface area contributed by atoms with Crippen LogP contribution in [0.15, 0.2) is 16.0 Å². The van der Waals surface area contributed by atoms with Crippen LogP contribution in [0.25, 0.3) is 0 Å². The molecule has 120 valence electrons. The largest absolute Gasteiger partial charge is 0.356 e. The predicted octanol–water partition coefficient (Wildman–Crippen LogP) is 0.944. The van der Waals surface area contributed by atoms with Gasteiger partial charge in [-0.1, -0.05) is 17.7 Å². The maximum atomic E-state index is 11.8. The van der Waals surface area contributed by atoms with Crippen LogP contribution < -0.4 is 5.32 Å². The highest BCUT2D eigenvalue weighted by molar-refractivity contribution is 7.94. The molecule has 2 heterocycles. The van der Waals surface area contributed by atoms with Crippen molar-refractivity contribution in [1.82, 2.24) is 15.5 Å². The highest BCUT2D eigenvalue weighted by Crippen LogP contribution is 2.35. The molecule has 0 bridgehead atoms. The van der Waals surface area contributed by atoms with Gasteiger partial charge in [0, 0.05) is 36.6 Å². The van der Waals surface area contributed by atoms with Gasteiger partial charge in [0.05, 0.1) is 5.75 Å². The number of hydrogen-bond donors (Lipinski definition) is 1. The summed E-state index contributed by atoms with van der Waals surface area (Å²) in [4.78, 5) is 16.1. The molecule has 0 saturated heterocycles. The molecular formula is C14H19N3O4S. The van der Waals surface area contributed by atoms with E-state index >= 15 is 0 Å². The number of sulfone groups is 1. The summed E-state index contributed by atoms with van der Waals surface area (Å²) in [6.07, 6.45) is 5.71. The molecular weight excluding hydrogens is 306 g/mol. The van der Waals surface area contributed by atoms with E-state index in [-0.39, 0.29) is 24.0 Å². The molecule has 3 rings (SSSR count). The Morgan fingerprint density at radius 3 is 2.86 bits per heavy atom. The van der Waals surface area contributed by atoms with Crippen molar-refractivity contribution in [2.75, 3.05) is 12.3 Å². The Morgan fingerprint density at radius 1 is 1.41 bits per heavy atom. The van der Waals surface area contributed by atoms with Gasteiger partial charge in [0.25, 0.3) is 0 Å². The van der Waals surface area contributed by atoms with Crippen molar-refractivity contribution >= 4 is 15.7 Å². The van der Waals surface area contributed by atoms with Gasteiger partial charge in [-0.05, 0) is 12.8 Å². The monoisotopic (exact) mass is 325 g/mol. The Labute approximate surface area is 129 Å². The van der Waals surface area contributed by atoms with E-state index in [1.807, 2.05) is 0 Å². The van der Waals surface area contributed by atoms with Crippen LogP contribution in [0.2, 0.25) is 0 Å². The summed E-state index contributed by atoms with van der Waals surface area (Å²) in [6, 6.07) is 0. The van der Waals surface area contributed by atoms with Crippen molar-refractivity contribution in [1.29, 1.82) is 0 Å². The predicted molar refractivity (Wildman–Crippen MR) is 78.6 cm³/mol. The molecule has 8 heteroatoms. The lowest BCUT2D eigenvalue weighted by Gasteiger charge is -2.20. The molecule has 0 spiro atoms. The van der Waals surface area contributed by atoms with Gasteiger partial charge >= 0.3 is 0 Å². The number of carbonyl (C=O) groups excluding carboxylic acids is 1. The summed E-state index contributed by atoms with van der Waals surface area (Å²) < 4.78 is 27.7. The summed E-state index contributed by atoms with van der Waals surface area (Å²) in [7, 11) is -3.10. The van der Waals surface area contributed by atoms with Gasteiger partial charge in [-0.2, -0.15) is 4.98 Å². The van der Waals surface area contributed by atoms with E-state index in [1.54, 1.807) is 6.08 Å². The number of carbonyl (C=O) groups is 1. The lowest BCUT2D eigenvalue weighted by molar-refractivity contribution is -0.121. The van der Waals surface area contributed by atoms with E-state index in [4.69, 9.17) is 4.52 Å². The third-order valence-corrected chi connectivity index (χ3v) is 5.53. The first-order chi connectivity index (χ1) is 10.5. The van der Waals surface area contributed by atoms with Crippen LogP contribution >= 0.6 is 0 Å². The van der Waals surface area contributed by atoms with Gasteiger partial charge in [0.1, 0.15) is 0 Å². The second-order valence-corrected chi connectivity index (χ2v) is 7.83. The van der Waals surface area contributed by atoms with Crippen LogP contribution in [-0.4, -0.2) is 36.8 Å². The molecule has 1 saturated carbocycles. The maximum Gasteiger partial charge on any atom is 0.229 e. The molecule has 0 aromatic carbocycles. The highest BCUT2D eigenvalue weighted by atomic mass is 32.2. The quantitative estimate of drug-likeness (QED) is 0.835. The Hall–Kier alpha value is -1.70. The van der Waals surface area contributed by atoms with Crippen LogP contribution in [0.1, 0.15) is 43.3 Å². The van der Waals surface area contributed by atoms with Crippen molar-refractivity contribution in [3.63, 3.8) is 0 Å². The first-order valence-electron chi connectivity index (χ1n) is 7.52. The van der Waals surface area contributed by atoms with Crippen molar-refractivity contribution in [3.05, 3.63) is 23.2 Å². The average Bonchev–Trinajstić information content (AvgIpc) is 2.94.